The third-order valence-electron chi connectivity index (χ3n) is 10.8. The fourth-order valence-corrected chi connectivity index (χ4v) is 7.86. The first kappa shape index (κ1) is 33.5. The van der Waals surface area contributed by atoms with Crippen molar-refractivity contribution in [2.45, 2.75) is 128 Å². The summed E-state index contributed by atoms with van der Waals surface area (Å²) in [6.45, 7) is 12.1. The Bertz CT molecular complexity index is 1190. The number of carbonyl (C=O) groups excluding carboxylic acids is 1. The lowest BCUT2D eigenvalue weighted by Crippen LogP contribution is -2.60. The first-order valence-corrected chi connectivity index (χ1v) is 16.3. The first-order chi connectivity index (χ1) is 20.8. The molecule has 0 aromatic carbocycles. The summed E-state index contributed by atoms with van der Waals surface area (Å²) < 4.78 is 31.5. The minimum absolute atomic E-state index is 0.0687. The smallest absolute Gasteiger partial charge is 0.316 e. The highest BCUT2D eigenvalue weighted by atomic mass is 16.7. The van der Waals surface area contributed by atoms with E-state index in [-0.39, 0.29) is 49.4 Å². The highest BCUT2D eigenvalue weighted by Crippen LogP contribution is 2.48. The van der Waals surface area contributed by atoms with Crippen molar-refractivity contribution in [3.05, 3.63) is 47.1 Å². The molecule has 4 aliphatic heterocycles. The van der Waals surface area contributed by atoms with Crippen LogP contribution in [-0.4, -0.2) is 89.1 Å². The Hall–Kier alpha value is -1.85. The van der Waals surface area contributed by atoms with Crippen LogP contribution in [0.15, 0.2) is 47.1 Å². The second-order valence-electron chi connectivity index (χ2n) is 13.9. The predicted molar refractivity (Wildman–Crippen MR) is 164 cm³/mol. The third-order valence-corrected chi connectivity index (χ3v) is 10.8. The molecular weight excluding hydrogens is 564 g/mol. The molecule has 0 aromatic heterocycles. The van der Waals surface area contributed by atoms with Gasteiger partial charge in [-0.3, -0.25) is 4.79 Å². The number of ether oxygens (including phenoxy) is 5. The van der Waals surface area contributed by atoms with Crippen LogP contribution in [0.3, 0.4) is 0 Å². The summed E-state index contributed by atoms with van der Waals surface area (Å²) >= 11 is 0. The van der Waals surface area contributed by atoms with E-state index in [4.69, 9.17) is 23.7 Å². The molecule has 3 N–H and O–H groups in total. The zero-order valence-corrected chi connectivity index (χ0v) is 27.3. The van der Waals surface area contributed by atoms with E-state index in [0.29, 0.717) is 18.4 Å². The molecule has 1 unspecified atom stereocenters. The van der Waals surface area contributed by atoms with Crippen molar-refractivity contribution in [3.8, 4) is 0 Å². The van der Waals surface area contributed by atoms with Crippen molar-refractivity contribution in [3.63, 3.8) is 0 Å². The van der Waals surface area contributed by atoms with E-state index < -0.39 is 53.8 Å². The number of hydrogen-bond donors (Lipinski definition) is 3. The van der Waals surface area contributed by atoms with Crippen molar-refractivity contribution < 1.29 is 43.8 Å². The van der Waals surface area contributed by atoms with Gasteiger partial charge in [-0.25, -0.2) is 0 Å². The van der Waals surface area contributed by atoms with Gasteiger partial charge in [-0.15, -0.1) is 0 Å². The van der Waals surface area contributed by atoms with Crippen LogP contribution < -0.4 is 0 Å². The number of aliphatic hydroxyl groups is 3. The quantitative estimate of drug-likeness (QED) is 0.317. The Kier molecular flexibility index (Phi) is 9.98. The lowest BCUT2D eigenvalue weighted by Gasteiger charge is -2.52. The molecule has 1 spiro atoms. The van der Waals surface area contributed by atoms with Gasteiger partial charge >= 0.3 is 5.97 Å². The molecule has 3 fully saturated rings. The molecule has 4 heterocycles. The van der Waals surface area contributed by atoms with E-state index >= 15 is 0 Å². The van der Waals surface area contributed by atoms with E-state index in [1.807, 2.05) is 45.9 Å². The van der Waals surface area contributed by atoms with Crippen LogP contribution in [-0.2, 0) is 28.5 Å². The molecule has 5 rings (SSSR count). The predicted octanol–water partition coefficient (Wildman–Crippen LogP) is 4.16. The van der Waals surface area contributed by atoms with Gasteiger partial charge < -0.3 is 39.0 Å². The maximum Gasteiger partial charge on any atom is 0.316 e. The van der Waals surface area contributed by atoms with E-state index in [1.54, 1.807) is 19.3 Å². The molecule has 0 saturated carbocycles. The van der Waals surface area contributed by atoms with E-state index in [0.717, 1.165) is 17.6 Å². The topological polar surface area (TPSA) is 124 Å². The minimum atomic E-state index is -1.67. The van der Waals surface area contributed by atoms with Crippen LogP contribution in [0.2, 0.25) is 0 Å². The van der Waals surface area contributed by atoms with Gasteiger partial charge in [0.25, 0.3) is 0 Å². The van der Waals surface area contributed by atoms with Crippen LogP contribution in [0, 0.1) is 23.7 Å². The standard InChI is InChI=1S/C35H52O9/c1-8-19(2)30-23(6)28(36)17-34(44-30)16-26-15-25(43-34)13-12-21(4)29(37)20(3)10-9-11-24-18-41-32-31(40-7)22(5)14-27(33(38)42-26)35(24,32)39/h9-12,14,19-20,23,25-32,36-37,39H,8,13,15-18H2,1-7H3/b10-9+,21-12+,24-11+/t19?,20-,23-,25+,26-,27-,28-,29-,30+,31+,32+,34-,35+/m0/s1. The van der Waals surface area contributed by atoms with E-state index in [1.165, 1.54) is 0 Å². The van der Waals surface area contributed by atoms with Gasteiger partial charge in [0.2, 0.25) is 0 Å². The molecule has 1 aliphatic carbocycles. The molecule has 0 aromatic rings. The highest BCUT2D eigenvalue weighted by molar-refractivity contribution is 5.78. The van der Waals surface area contributed by atoms with Crippen molar-refractivity contribution in [1.82, 2.24) is 0 Å². The minimum Gasteiger partial charge on any atom is -0.462 e. The summed E-state index contributed by atoms with van der Waals surface area (Å²) in [5.41, 5.74) is 0.483. The lowest BCUT2D eigenvalue weighted by molar-refractivity contribution is -0.354. The molecule has 246 valence electrons. The maximum atomic E-state index is 14.1. The van der Waals surface area contributed by atoms with Crippen molar-refractivity contribution >= 4 is 5.97 Å². The number of fused-ring (bicyclic) bond motifs is 2. The Balaban J connectivity index is 1.55. The summed E-state index contributed by atoms with van der Waals surface area (Å²) in [5, 5.41) is 34.6. The van der Waals surface area contributed by atoms with Crippen LogP contribution >= 0.6 is 0 Å². The number of carbonyl (C=O) groups is 1. The number of allylic oxidation sites excluding steroid dienone is 2. The van der Waals surface area contributed by atoms with Gasteiger partial charge in [-0.1, -0.05) is 64.5 Å². The molecule has 3 saturated heterocycles. The fraction of sp³-hybridized carbons (Fsp3) is 0.743. The molecule has 44 heavy (non-hydrogen) atoms. The Morgan fingerprint density at radius 2 is 1.86 bits per heavy atom. The lowest BCUT2D eigenvalue weighted by atomic mass is 9.70. The van der Waals surface area contributed by atoms with Crippen LogP contribution in [0.4, 0.5) is 0 Å². The van der Waals surface area contributed by atoms with Crippen LogP contribution in [0.5, 0.6) is 0 Å². The number of methoxy groups -OCH3 is 1. The zero-order chi connectivity index (χ0) is 32.0. The van der Waals surface area contributed by atoms with E-state index in [9.17, 15) is 20.1 Å². The Labute approximate surface area is 261 Å². The monoisotopic (exact) mass is 616 g/mol. The molecule has 9 nitrogen and oxygen atoms in total. The van der Waals surface area contributed by atoms with Gasteiger partial charge in [0, 0.05) is 38.2 Å². The van der Waals surface area contributed by atoms with Crippen LogP contribution in [0.1, 0.15) is 73.6 Å². The van der Waals surface area contributed by atoms with Crippen molar-refractivity contribution in [1.29, 1.82) is 0 Å². The number of esters is 1. The first-order valence-electron chi connectivity index (χ1n) is 16.3. The summed E-state index contributed by atoms with van der Waals surface area (Å²) in [6, 6.07) is 0. The Morgan fingerprint density at radius 3 is 2.57 bits per heavy atom. The molecule has 0 radical (unpaired) electrons. The molecular formula is C35H52O9. The van der Waals surface area contributed by atoms with Gasteiger partial charge in [0.05, 0.1) is 31.0 Å². The highest BCUT2D eigenvalue weighted by Gasteiger charge is 2.60. The number of hydrogen-bond acceptors (Lipinski definition) is 9. The van der Waals surface area contributed by atoms with Gasteiger partial charge in [-0.05, 0) is 42.9 Å². The molecule has 2 bridgehead atoms. The molecule has 5 aliphatic rings. The molecule has 13 atom stereocenters. The molecule has 0 amide bonds. The van der Waals surface area contributed by atoms with Crippen molar-refractivity contribution in [2.75, 3.05) is 13.7 Å². The van der Waals surface area contributed by atoms with Gasteiger partial charge in [0.1, 0.15) is 29.8 Å². The average molecular weight is 617 g/mol. The van der Waals surface area contributed by atoms with Crippen molar-refractivity contribution in [2.24, 2.45) is 23.7 Å². The zero-order valence-electron chi connectivity index (χ0n) is 27.3. The fourth-order valence-electron chi connectivity index (χ4n) is 7.86. The van der Waals surface area contributed by atoms with Gasteiger partial charge in [0.15, 0.2) is 5.79 Å². The maximum absolute atomic E-state index is 14.1. The average Bonchev–Trinajstić information content (AvgIpc) is 3.32. The second kappa shape index (κ2) is 13.1. The van der Waals surface area contributed by atoms with Gasteiger partial charge in [-0.2, -0.15) is 0 Å². The summed E-state index contributed by atoms with van der Waals surface area (Å²) in [5.74, 6) is -2.76. The number of aliphatic hydroxyl groups excluding tert-OH is 2. The normalized spacial score (nSPS) is 48.7. The van der Waals surface area contributed by atoms with E-state index in [2.05, 4.69) is 13.8 Å². The SMILES string of the molecule is CCC(C)[C@H]1O[C@@]2(C[C@@H]3C[C@@H](C/C=C(\C)[C@@H](O)[C@@H](C)/C=C/C=C4\CO[C@@H]5[C@H](OC)C(C)=C[C@@H](C(=O)O3)[C@]45O)O2)C[C@H](O)[C@@H]1C. The number of rotatable bonds is 3. The van der Waals surface area contributed by atoms with Crippen LogP contribution in [0.25, 0.3) is 0 Å². The second-order valence-corrected chi connectivity index (χ2v) is 13.9. The summed E-state index contributed by atoms with van der Waals surface area (Å²) in [4.78, 5) is 14.1. The largest absolute Gasteiger partial charge is 0.462 e. The Morgan fingerprint density at radius 1 is 1.11 bits per heavy atom. The summed E-state index contributed by atoms with van der Waals surface area (Å²) in [6.07, 6.45) is 7.72. The molecule has 9 heteroatoms. The summed E-state index contributed by atoms with van der Waals surface area (Å²) in [7, 11) is 1.57. The third kappa shape index (κ3) is 6.14.